The average Bonchev–Trinajstić information content (AvgIpc) is 2.79. The highest BCUT2D eigenvalue weighted by Gasteiger charge is 2.21. The molecule has 0 radical (unpaired) electrons. The van der Waals surface area contributed by atoms with Gasteiger partial charge >= 0.3 is 6.01 Å². The Balaban J connectivity index is 1.84. The van der Waals surface area contributed by atoms with Gasteiger partial charge in [-0.25, -0.2) is 0 Å². The Kier molecular flexibility index (Phi) is 3.99. The summed E-state index contributed by atoms with van der Waals surface area (Å²) in [6.07, 6.45) is 6.26. The second-order valence-corrected chi connectivity index (χ2v) is 5.00. The molecule has 0 spiro atoms. The van der Waals surface area contributed by atoms with Crippen LogP contribution in [0.4, 0.5) is 6.01 Å². The van der Waals surface area contributed by atoms with Crippen LogP contribution in [-0.4, -0.2) is 16.2 Å². The highest BCUT2D eigenvalue weighted by Crippen LogP contribution is 2.28. The fraction of sp³-hybridized carbons (Fsp3) is 0.833. The molecule has 2 rings (SSSR count). The van der Waals surface area contributed by atoms with Crippen LogP contribution in [0.3, 0.4) is 0 Å². The van der Waals surface area contributed by atoms with E-state index in [2.05, 4.69) is 22.4 Å². The Morgan fingerprint density at radius 1 is 1.35 bits per heavy atom. The van der Waals surface area contributed by atoms with E-state index in [1.807, 2.05) is 6.92 Å². The number of nitrogens with one attached hydrogen (secondary N) is 1. The molecular weight excluding hydrogens is 216 g/mol. The van der Waals surface area contributed by atoms with Crippen molar-refractivity contribution in [1.29, 1.82) is 0 Å². The summed E-state index contributed by atoms with van der Waals surface area (Å²) in [5, 5.41) is 11.2. The first-order chi connectivity index (χ1) is 8.19. The quantitative estimate of drug-likeness (QED) is 0.842. The lowest BCUT2D eigenvalue weighted by molar-refractivity contribution is 0.326. The standard InChI is InChI=1S/C12H22N4O/c1-3-9-4-6-10(7-5-9)14-12-16-15-11(17-12)8(2)13/h8-10H,3-7,13H2,1-2H3,(H,14,16). The molecule has 1 aromatic rings. The van der Waals surface area contributed by atoms with Gasteiger partial charge in [-0.15, -0.1) is 5.10 Å². The first-order valence-electron chi connectivity index (χ1n) is 6.54. The summed E-state index contributed by atoms with van der Waals surface area (Å²) < 4.78 is 5.44. The third kappa shape index (κ3) is 3.19. The molecule has 5 nitrogen and oxygen atoms in total. The van der Waals surface area contributed by atoms with Crippen LogP contribution in [0.2, 0.25) is 0 Å². The molecule has 1 aliphatic rings. The van der Waals surface area contributed by atoms with Gasteiger partial charge in [0.05, 0.1) is 6.04 Å². The third-order valence-corrected chi connectivity index (χ3v) is 3.58. The Bertz CT molecular complexity index is 342. The van der Waals surface area contributed by atoms with Crippen LogP contribution in [0, 0.1) is 5.92 Å². The first-order valence-corrected chi connectivity index (χ1v) is 6.54. The number of hydrogen-bond donors (Lipinski definition) is 2. The SMILES string of the molecule is CCC1CCC(Nc2nnc(C(C)N)o2)CC1. The molecule has 1 fully saturated rings. The van der Waals surface area contributed by atoms with Crippen molar-refractivity contribution in [2.75, 3.05) is 5.32 Å². The zero-order valence-electron chi connectivity index (χ0n) is 10.6. The molecule has 1 unspecified atom stereocenters. The van der Waals surface area contributed by atoms with Gasteiger partial charge in [-0.2, -0.15) is 0 Å². The van der Waals surface area contributed by atoms with Gasteiger partial charge < -0.3 is 15.5 Å². The van der Waals surface area contributed by atoms with Gasteiger partial charge in [0.15, 0.2) is 0 Å². The van der Waals surface area contributed by atoms with E-state index in [1.165, 1.54) is 32.1 Å². The Morgan fingerprint density at radius 3 is 2.59 bits per heavy atom. The molecule has 17 heavy (non-hydrogen) atoms. The molecule has 1 heterocycles. The maximum absolute atomic E-state index is 5.67. The maximum atomic E-state index is 5.67. The lowest BCUT2D eigenvalue weighted by Crippen LogP contribution is -2.26. The van der Waals surface area contributed by atoms with Crippen LogP contribution in [0.5, 0.6) is 0 Å². The molecule has 1 saturated carbocycles. The van der Waals surface area contributed by atoms with E-state index >= 15 is 0 Å². The largest absolute Gasteiger partial charge is 0.406 e. The predicted octanol–water partition coefficient (Wildman–Crippen LogP) is 2.47. The molecule has 1 atom stereocenters. The van der Waals surface area contributed by atoms with Crippen LogP contribution in [0.1, 0.15) is 57.9 Å². The molecule has 0 bridgehead atoms. The smallest absolute Gasteiger partial charge is 0.315 e. The molecular formula is C12H22N4O. The molecule has 96 valence electrons. The van der Waals surface area contributed by atoms with E-state index in [0.717, 1.165) is 5.92 Å². The highest BCUT2D eigenvalue weighted by molar-refractivity contribution is 5.20. The number of anilines is 1. The average molecular weight is 238 g/mol. The lowest BCUT2D eigenvalue weighted by Gasteiger charge is -2.27. The lowest BCUT2D eigenvalue weighted by atomic mass is 9.85. The zero-order chi connectivity index (χ0) is 12.3. The van der Waals surface area contributed by atoms with Crippen LogP contribution < -0.4 is 11.1 Å². The fourth-order valence-electron chi connectivity index (χ4n) is 2.37. The number of nitrogens with zero attached hydrogens (tertiary/aromatic N) is 2. The molecule has 1 aromatic heterocycles. The number of aromatic nitrogens is 2. The summed E-state index contributed by atoms with van der Waals surface area (Å²) in [5.41, 5.74) is 5.67. The minimum Gasteiger partial charge on any atom is -0.406 e. The fourth-order valence-corrected chi connectivity index (χ4v) is 2.37. The summed E-state index contributed by atoms with van der Waals surface area (Å²) in [6.45, 7) is 4.11. The van der Waals surface area contributed by atoms with Gasteiger partial charge in [-0.05, 0) is 38.5 Å². The molecule has 3 N–H and O–H groups in total. The van der Waals surface area contributed by atoms with E-state index in [1.54, 1.807) is 0 Å². The van der Waals surface area contributed by atoms with Crippen LogP contribution in [0.15, 0.2) is 4.42 Å². The molecule has 0 amide bonds. The first kappa shape index (κ1) is 12.4. The van der Waals surface area contributed by atoms with Crippen LogP contribution in [0.25, 0.3) is 0 Å². The Labute approximate surface area is 102 Å². The molecule has 0 saturated heterocycles. The van der Waals surface area contributed by atoms with Crippen molar-refractivity contribution in [2.45, 2.75) is 58.0 Å². The second kappa shape index (κ2) is 5.49. The van der Waals surface area contributed by atoms with Crippen molar-refractivity contribution in [3.63, 3.8) is 0 Å². The van der Waals surface area contributed by atoms with E-state index < -0.39 is 0 Å². The summed E-state index contributed by atoms with van der Waals surface area (Å²) in [5.74, 6) is 1.39. The summed E-state index contributed by atoms with van der Waals surface area (Å²) in [6, 6.07) is 0.783. The van der Waals surface area contributed by atoms with Crippen LogP contribution in [-0.2, 0) is 0 Å². The monoisotopic (exact) mass is 238 g/mol. The predicted molar refractivity (Wildman–Crippen MR) is 66.6 cm³/mol. The van der Waals surface area contributed by atoms with Crippen molar-refractivity contribution >= 4 is 6.01 Å². The normalized spacial score (nSPS) is 26.8. The van der Waals surface area contributed by atoms with Gasteiger partial charge in [0.25, 0.3) is 0 Å². The molecule has 0 aliphatic heterocycles. The number of hydrogen-bond acceptors (Lipinski definition) is 5. The van der Waals surface area contributed by atoms with E-state index in [9.17, 15) is 0 Å². The zero-order valence-corrected chi connectivity index (χ0v) is 10.6. The van der Waals surface area contributed by atoms with Gasteiger partial charge in [0.2, 0.25) is 5.89 Å². The van der Waals surface area contributed by atoms with Gasteiger partial charge in [0.1, 0.15) is 0 Å². The number of nitrogens with two attached hydrogens (primary N) is 1. The topological polar surface area (TPSA) is 77.0 Å². The molecule has 0 aromatic carbocycles. The van der Waals surface area contributed by atoms with Crippen molar-refractivity contribution in [3.05, 3.63) is 5.89 Å². The Morgan fingerprint density at radius 2 is 2.06 bits per heavy atom. The molecule has 5 heteroatoms. The minimum atomic E-state index is -0.200. The van der Waals surface area contributed by atoms with E-state index in [-0.39, 0.29) is 6.04 Å². The Hall–Kier alpha value is -1.10. The molecule has 1 aliphatic carbocycles. The van der Waals surface area contributed by atoms with Crippen molar-refractivity contribution in [3.8, 4) is 0 Å². The van der Waals surface area contributed by atoms with Crippen molar-refractivity contribution in [1.82, 2.24) is 10.2 Å². The highest BCUT2D eigenvalue weighted by atomic mass is 16.4. The van der Waals surface area contributed by atoms with Gasteiger partial charge in [0, 0.05) is 6.04 Å². The van der Waals surface area contributed by atoms with Gasteiger partial charge in [-0.3, -0.25) is 0 Å². The summed E-state index contributed by atoms with van der Waals surface area (Å²) >= 11 is 0. The number of rotatable bonds is 4. The second-order valence-electron chi connectivity index (χ2n) is 5.00. The summed E-state index contributed by atoms with van der Waals surface area (Å²) in [7, 11) is 0. The van der Waals surface area contributed by atoms with E-state index in [4.69, 9.17) is 10.2 Å². The third-order valence-electron chi connectivity index (χ3n) is 3.58. The minimum absolute atomic E-state index is 0.200. The maximum Gasteiger partial charge on any atom is 0.315 e. The van der Waals surface area contributed by atoms with Gasteiger partial charge in [-0.1, -0.05) is 18.4 Å². The summed E-state index contributed by atoms with van der Waals surface area (Å²) in [4.78, 5) is 0. The van der Waals surface area contributed by atoms with Crippen molar-refractivity contribution in [2.24, 2.45) is 11.7 Å². The van der Waals surface area contributed by atoms with Crippen molar-refractivity contribution < 1.29 is 4.42 Å². The van der Waals surface area contributed by atoms with E-state index in [0.29, 0.717) is 17.9 Å². The van der Waals surface area contributed by atoms with Crippen LogP contribution >= 0.6 is 0 Å².